The maximum Gasteiger partial charge on any atom is 0.228 e. The summed E-state index contributed by atoms with van der Waals surface area (Å²) >= 11 is 0. The van der Waals surface area contributed by atoms with Crippen LogP contribution in [0.4, 0.5) is 5.69 Å². The molecule has 5 nitrogen and oxygen atoms in total. The number of amides is 1. The fourth-order valence-corrected chi connectivity index (χ4v) is 2.66. The molecular formula is C19H21N3O2. The molecule has 3 rings (SSSR count). The van der Waals surface area contributed by atoms with E-state index in [0.717, 1.165) is 28.0 Å². The molecule has 0 unspecified atom stereocenters. The van der Waals surface area contributed by atoms with Crippen LogP contribution in [0.15, 0.2) is 48.8 Å². The third kappa shape index (κ3) is 3.40. The number of benzene rings is 2. The Balaban J connectivity index is 1.70. The van der Waals surface area contributed by atoms with Gasteiger partial charge in [0.05, 0.1) is 30.9 Å². The van der Waals surface area contributed by atoms with Gasteiger partial charge in [-0.3, -0.25) is 4.79 Å². The molecular weight excluding hydrogens is 302 g/mol. The van der Waals surface area contributed by atoms with Crippen LogP contribution in [-0.4, -0.2) is 22.6 Å². The van der Waals surface area contributed by atoms with Gasteiger partial charge in [-0.25, -0.2) is 4.98 Å². The molecule has 0 fully saturated rings. The Kier molecular flexibility index (Phi) is 4.51. The summed E-state index contributed by atoms with van der Waals surface area (Å²) in [7, 11) is 1.62. The minimum atomic E-state index is -0.0530. The van der Waals surface area contributed by atoms with Crippen LogP contribution in [-0.2, 0) is 11.2 Å². The first-order chi connectivity index (χ1) is 11.6. The fourth-order valence-electron chi connectivity index (χ4n) is 2.66. The molecule has 1 amide bonds. The van der Waals surface area contributed by atoms with Crippen molar-refractivity contribution in [2.45, 2.75) is 26.3 Å². The second-order valence-corrected chi connectivity index (χ2v) is 6.02. The van der Waals surface area contributed by atoms with Crippen molar-refractivity contribution in [3.8, 4) is 5.75 Å². The molecule has 0 aliphatic heterocycles. The van der Waals surface area contributed by atoms with Crippen LogP contribution in [0.25, 0.3) is 11.0 Å². The first kappa shape index (κ1) is 16.1. The summed E-state index contributed by atoms with van der Waals surface area (Å²) < 4.78 is 7.23. The molecule has 24 heavy (non-hydrogen) atoms. The number of methoxy groups -OCH3 is 1. The van der Waals surface area contributed by atoms with Crippen LogP contribution in [0, 0.1) is 0 Å². The van der Waals surface area contributed by atoms with E-state index >= 15 is 0 Å². The molecule has 2 aromatic carbocycles. The Bertz CT molecular complexity index is 851. The highest BCUT2D eigenvalue weighted by atomic mass is 16.5. The topological polar surface area (TPSA) is 56.1 Å². The number of hydrogen-bond donors (Lipinski definition) is 1. The quantitative estimate of drug-likeness (QED) is 0.777. The maximum absolute atomic E-state index is 12.2. The zero-order valence-corrected chi connectivity index (χ0v) is 14.1. The van der Waals surface area contributed by atoms with E-state index in [9.17, 15) is 4.79 Å². The van der Waals surface area contributed by atoms with E-state index in [1.165, 1.54) is 0 Å². The number of carbonyl (C=O) groups is 1. The molecule has 0 aliphatic carbocycles. The summed E-state index contributed by atoms with van der Waals surface area (Å²) in [5.74, 6) is 0.710. The molecule has 0 saturated carbocycles. The molecule has 0 radical (unpaired) electrons. The number of aromatic nitrogens is 2. The SMILES string of the molecule is COc1ccc(NC(=O)Cc2ccc3c(c2)ncn3C(C)C)cc1. The molecule has 1 aromatic heterocycles. The molecule has 3 aromatic rings. The number of ether oxygens (including phenoxy) is 1. The summed E-state index contributed by atoms with van der Waals surface area (Å²) in [6.07, 6.45) is 2.16. The molecule has 0 aliphatic rings. The molecule has 124 valence electrons. The summed E-state index contributed by atoms with van der Waals surface area (Å²) in [6.45, 7) is 4.24. The third-order valence-electron chi connectivity index (χ3n) is 3.93. The van der Waals surface area contributed by atoms with E-state index in [1.54, 1.807) is 7.11 Å². The van der Waals surface area contributed by atoms with Crippen LogP contribution in [0.2, 0.25) is 0 Å². The monoisotopic (exact) mass is 323 g/mol. The molecule has 5 heteroatoms. The first-order valence-electron chi connectivity index (χ1n) is 7.96. The third-order valence-corrected chi connectivity index (χ3v) is 3.93. The second-order valence-electron chi connectivity index (χ2n) is 6.02. The molecule has 0 atom stereocenters. The van der Waals surface area contributed by atoms with Crippen molar-refractivity contribution in [2.24, 2.45) is 0 Å². The van der Waals surface area contributed by atoms with Gasteiger partial charge >= 0.3 is 0 Å². The normalized spacial score (nSPS) is 11.0. The van der Waals surface area contributed by atoms with Gasteiger partial charge < -0.3 is 14.6 Å². The van der Waals surface area contributed by atoms with E-state index in [0.29, 0.717) is 12.5 Å². The van der Waals surface area contributed by atoms with Gasteiger partial charge in [-0.05, 0) is 55.8 Å². The number of imidazole rings is 1. The smallest absolute Gasteiger partial charge is 0.228 e. The van der Waals surface area contributed by atoms with Crippen molar-refractivity contribution in [3.63, 3.8) is 0 Å². The second kappa shape index (κ2) is 6.74. The Morgan fingerprint density at radius 3 is 2.62 bits per heavy atom. The number of fused-ring (bicyclic) bond motifs is 1. The Morgan fingerprint density at radius 2 is 1.96 bits per heavy atom. The lowest BCUT2D eigenvalue weighted by Crippen LogP contribution is -2.14. The van der Waals surface area contributed by atoms with Crippen LogP contribution in [0.1, 0.15) is 25.5 Å². The number of nitrogens with one attached hydrogen (secondary N) is 1. The van der Waals surface area contributed by atoms with Gasteiger partial charge in [0.15, 0.2) is 0 Å². The van der Waals surface area contributed by atoms with E-state index in [2.05, 4.69) is 28.7 Å². The van der Waals surface area contributed by atoms with Gasteiger partial charge in [0, 0.05) is 11.7 Å². The minimum absolute atomic E-state index is 0.0530. The highest BCUT2D eigenvalue weighted by molar-refractivity contribution is 5.92. The van der Waals surface area contributed by atoms with E-state index in [1.807, 2.05) is 48.8 Å². The summed E-state index contributed by atoms with van der Waals surface area (Å²) in [5, 5.41) is 2.89. The van der Waals surface area contributed by atoms with Crippen molar-refractivity contribution in [2.75, 3.05) is 12.4 Å². The number of rotatable bonds is 5. The van der Waals surface area contributed by atoms with Crippen molar-refractivity contribution >= 4 is 22.6 Å². The average Bonchev–Trinajstić information content (AvgIpc) is 2.99. The minimum Gasteiger partial charge on any atom is -0.497 e. The summed E-state index contributed by atoms with van der Waals surface area (Å²) in [5.41, 5.74) is 3.70. The standard InChI is InChI=1S/C19H21N3O2/c1-13(2)22-12-20-17-10-14(4-9-18(17)22)11-19(23)21-15-5-7-16(24-3)8-6-15/h4-10,12-13H,11H2,1-3H3,(H,21,23). The fraction of sp³-hybridized carbons (Fsp3) is 0.263. The Morgan fingerprint density at radius 1 is 1.21 bits per heavy atom. The molecule has 1 heterocycles. The van der Waals surface area contributed by atoms with Crippen molar-refractivity contribution in [1.82, 2.24) is 9.55 Å². The molecule has 0 saturated heterocycles. The lowest BCUT2D eigenvalue weighted by Gasteiger charge is -2.09. The summed E-state index contributed by atoms with van der Waals surface area (Å²) in [4.78, 5) is 16.6. The van der Waals surface area contributed by atoms with E-state index in [-0.39, 0.29) is 5.91 Å². The highest BCUT2D eigenvalue weighted by Gasteiger charge is 2.09. The molecule has 1 N–H and O–H groups in total. The lowest BCUT2D eigenvalue weighted by atomic mass is 10.1. The van der Waals surface area contributed by atoms with Gasteiger partial charge in [0.2, 0.25) is 5.91 Å². The van der Waals surface area contributed by atoms with E-state index < -0.39 is 0 Å². The number of anilines is 1. The van der Waals surface area contributed by atoms with Gasteiger partial charge in [0.25, 0.3) is 0 Å². The van der Waals surface area contributed by atoms with Crippen molar-refractivity contribution in [1.29, 1.82) is 0 Å². The van der Waals surface area contributed by atoms with Crippen LogP contribution >= 0.6 is 0 Å². The van der Waals surface area contributed by atoms with Crippen molar-refractivity contribution < 1.29 is 9.53 Å². The van der Waals surface area contributed by atoms with Gasteiger partial charge in [-0.2, -0.15) is 0 Å². The van der Waals surface area contributed by atoms with Crippen LogP contribution in [0.3, 0.4) is 0 Å². The van der Waals surface area contributed by atoms with Gasteiger partial charge in [-0.15, -0.1) is 0 Å². The Labute approximate surface area is 141 Å². The van der Waals surface area contributed by atoms with Gasteiger partial charge in [-0.1, -0.05) is 6.07 Å². The lowest BCUT2D eigenvalue weighted by molar-refractivity contribution is -0.115. The summed E-state index contributed by atoms with van der Waals surface area (Å²) in [6, 6.07) is 13.6. The zero-order valence-electron chi connectivity index (χ0n) is 14.1. The van der Waals surface area contributed by atoms with Crippen LogP contribution < -0.4 is 10.1 Å². The molecule has 0 spiro atoms. The average molecular weight is 323 g/mol. The van der Waals surface area contributed by atoms with Gasteiger partial charge in [0.1, 0.15) is 5.75 Å². The predicted molar refractivity (Wildman–Crippen MR) is 95.4 cm³/mol. The van der Waals surface area contributed by atoms with E-state index in [4.69, 9.17) is 4.74 Å². The van der Waals surface area contributed by atoms with Crippen LogP contribution in [0.5, 0.6) is 5.75 Å². The Hall–Kier alpha value is -2.82. The number of carbonyl (C=O) groups excluding carboxylic acids is 1. The highest BCUT2D eigenvalue weighted by Crippen LogP contribution is 2.20. The zero-order chi connectivity index (χ0) is 17.1. The molecule has 0 bridgehead atoms. The predicted octanol–water partition coefficient (Wildman–Crippen LogP) is 3.81. The number of nitrogens with zero attached hydrogens (tertiary/aromatic N) is 2. The maximum atomic E-state index is 12.2. The first-order valence-corrected chi connectivity index (χ1v) is 7.96. The largest absolute Gasteiger partial charge is 0.497 e. The van der Waals surface area contributed by atoms with Crippen molar-refractivity contribution in [3.05, 3.63) is 54.4 Å². The number of hydrogen-bond acceptors (Lipinski definition) is 3.